The van der Waals surface area contributed by atoms with E-state index in [1.54, 1.807) is 6.08 Å². The summed E-state index contributed by atoms with van der Waals surface area (Å²) in [6.07, 6.45) is 1.66. The second-order valence-electron chi connectivity index (χ2n) is 7.43. The SMILES string of the molecule is CCOc1cc(/C=C2/N=C(c3ccccc3)OC2=O)cc(Br)c1OCCOc1ccccc1C. The summed E-state index contributed by atoms with van der Waals surface area (Å²) in [6.45, 7) is 5.08. The molecule has 0 amide bonds. The first kappa shape index (κ1) is 23.6. The van der Waals surface area contributed by atoms with E-state index in [9.17, 15) is 4.79 Å². The van der Waals surface area contributed by atoms with Gasteiger partial charge in [-0.25, -0.2) is 9.79 Å². The molecule has 0 aliphatic carbocycles. The van der Waals surface area contributed by atoms with Crippen LogP contribution in [0.2, 0.25) is 0 Å². The summed E-state index contributed by atoms with van der Waals surface area (Å²) in [6, 6.07) is 20.8. The molecule has 0 unspecified atom stereocenters. The summed E-state index contributed by atoms with van der Waals surface area (Å²) in [5.74, 6) is 1.74. The van der Waals surface area contributed by atoms with Gasteiger partial charge in [0.2, 0.25) is 5.90 Å². The zero-order valence-electron chi connectivity index (χ0n) is 18.9. The zero-order valence-corrected chi connectivity index (χ0v) is 20.5. The molecular weight excluding hydrogens is 498 g/mol. The Labute approximate surface area is 207 Å². The molecule has 3 aromatic rings. The van der Waals surface area contributed by atoms with E-state index in [1.807, 2.05) is 80.6 Å². The lowest BCUT2D eigenvalue weighted by molar-refractivity contribution is -0.129. The number of halogens is 1. The van der Waals surface area contributed by atoms with Crippen molar-refractivity contribution >= 4 is 33.9 Å². The molecule has 1 heterocycles. The lowest BCUT2D eigenvalue weighted by Gasteiger charge is -2.15. The van der Waals surface area contributed by atoms with Gasteiger partial charge in [0.1, 0.15) is 19.0 Å². The van der Waals surface area contributed by atoms with Crippen LogP contribution < -0.4 is 14.2 Å². The first-order chi connectivity index (χ1) is 16.5. The first-order valence-electron chi connectivity index (χ1n) is 10.9. The average molecular weight is 522 g/mol. The molecule has 0 saturated carbocycles. The minimum Gasteiger partial charge on any atom is -0.490 e. The number of rotatable bonds is 9. The Hall–Kier alpha value is -3.58. The third-order valence-corrected chi connectivity index (χ3v) is 5.55. The molecule has 174 valence electrons. The number of nitrogens with zero attached hydrogens (tertiary/aromatic N) is 1. The van der Waals surface area contributed by atoms with Crippen molar-refractivity contribution < 1.29 is 23.7 Å². The summed E-state index contributed by atoms with van der Waals surface area (Å²) in [5, 5.41) is 0. The third-order valence-electron chi connectivity index (χ3n) is 4.96. The van der Waals surface area contributed by atoms with Crippen LogP contribution in [0.3, 0.4) is 0 Å². The van der Waals surface area contributed by atoms with Crippen LogP contribution in [-0.4, -0.2) is 31.7 Å². The number of hydrogen-bond acceptors (Lipinski definition) is 6. The highest BCUT2D eigenvalue weighted by Crippen LogP contribution is 2.38. The molecule has 0 N–H and O–H groups in total. The van der Waals surface area contributed by atoms with E-state index in [2.05, 4.69) is 20.9 Å². The van der Waals surface area contributed by atoms with Crippen LogP contribution in [-0.2, 0) is 9.53 Å². The molecule has 34 heavy (non-hydrogen) atoms. The minimum absolute atomic E-state index is 0.216. The summed E-state index contributed by atoms with van der Waals surface area (Å²) in [4.78, 5) is 16.7. The Kier molecular flexibility index (Phi) is 7.65. The second kappa shape index (κ2) is 11.0. The van der Waals surface area contributed by atoms with Crippen molar-refractivity contribution in [3.05, 3.63) is 93.6 Å². The van der Waals surface area contributed by atoms with E-state index in [-0.39, 0.29) is 11.6 Å². The maximum absolute atomic E-state index is 12.4. The van der Waals surface area contributed by atoms with Crippen molar-refractivity contribution in [1.82, 2.24) is 0 Å². The summed E-state index contributed by atoms with van der Waals surface area (Å²) in [5.41, 5.74) is 2.75. The molecule has 6 nitrogen and oxygen atoms in total. The number of carbonyl (C=O) groups is 1. The number of aryl methyl sites for hydroxylation is 1. The maximum Gasteiger partial charge on any atom is 0.363 e. The minimum atomic E-state index is -0.499. The van der Waals surface area contributed by atoms with Gasteiger partial charge in [0.15, 0.2) is 17.2 Å². The molecule has 0 spiro atoms. The highest BCUT2D eigenvalue weighted by molar-refractivity contribution is 9.10. The highest BCUT2D eigenvalue weighted by atomic mass is 79.9. The molecule has 1 aliphatic heterocycles. The van der Waals surface area contributed by atoms with Crippen LogP contribution in [0.5, 0.6) is 17.2 Å². The van der Waals surface area contributed by atoms with Crippen LogP contribution in [0.15, 0.2) is 81.9 Å². The molecular formula is C27H24BrNO5. The summed E-state index contributed by atoms with van der Waals surface area (Å²) < 4.78 is 23.6. The van der Waals surface area contributed by atoms with E-state index >= 15 is 0 Å². The predicted octanol–water partition coefficient (Wildman–Crippen LogP) is 5.96. The van der Waals surface area contributed by atoms with Gasteiger partial charge in [-0.1, -0.05) is 36.4 Å². The number of cyclic esters (lactones) is 1. The standard InChI is InChI=1S/C27H24BrNO5/c1-3-31-24-17-19(16-22-27(30)34-26(29-22)20-10-5-4-6-11-20)15-21(28)25(24)33-14-13-32-23-12-8-7-9-18(23)2/h4-12,15-17H,3,13-14H2,1-2H3/b22-16+. The van der Waals surface area contributed by atoms with Crippen molar-refractivity contribution in [1.29, 1.82) is 0 Å². The van der Waals surface area contributed by atoms with E-state index in [4.69, 9.17) is 18.9 Å². The molecule has 7 heteroatoms. The van der Waals surface area contributed by atoms with Crippen LogP contribution in [0.1, 0.15) is 23.6 Å². The number of aliphatic imine (C=N–C) groups is 1. The van der Waals surface area contributed by atoms with Gasteiger partial charge in [-0.3, -0.25) is 0 Å². The van der Waals surface area contributed by atoms with Gasteiger partial charge >= 0.3 is 5.97 Å². The number of ether oxygens (including phenoxy) is 4. The first-order valence-corrected chi connectivity index (χ1v) is 11.7. The van der Waals surface area contributed by atoms with Gasteiger partial charge < -0.3 is 18.9 Å². The molecule has 3 aromatic carbocycles. The average Bonchev–Trinajstić information content (AvgIpc) is 3.20. The lowest BCUT2D eigenvalue weighted by atomic mass is 10.1. The second-order valence-corrected chi connectivity index (χ2v) is 8.28. The van der Waals surface area contributed by atoms with Crippen LogP contribution in [0.4, 0.5) is 0 Å². The quantitative estimate of drug-likeness (QED) is 0.197. The molecule has 1 aliphatic rings. The Bertz CT molecular complexity index is 1240. The molecule has 0 bridgehead atoms. The van der Waals surface area contributed by atoms with Gasteiger partial charge in [0, 0.05) is 5.56 Å². The number of carbonyl (C=O) groups excluding carboxylic acids is 1. The van der Waals surface area contributed by atoms with E-state index < -0.39 is 5.97 Å². The zero-order chi connectivity index (χ0) is 23.9. The fraction of sp³-hybridized carbons (Fsp3) is 0.185. The Balaban J connectivity index is 1.50. The van der Waals surface area contributed by atoms with Crippen molar-refractivity contribution in [2.75, 3.05) is 19.8 Å². The van der Waals surface area contributed by atoms with Gasteiger partial charge in [-0.2, -0.15) is 0 Å². The fourth-order valence-electron chi connectivity index (χ4n) is 3.36. The Morgan fingerprint density at radius 3 is 2.44 bits per heavy atom. The monoisotopic (exact) mass is 521 g/mol. The molecule has 0 radical (unpaired) electrons. The van der Waals surface area contributed by atoms with E-state index in [0.717, 1.165) is 22.4 Å². The summed E-state index contributed by atoms with van der Waals surface area (Å²) in [7, 11) is 0. The topological polar surface area (TPSA) is 66.4 Å². The molecule has 0 fully saturated rings. The normalized spacial score (nSPS) is 14.0. The Morgan fingerprint density at radius 1 is 0.941 bits per heavy atom. The van der Waals surface area contributed by atoms with Crippen LogP contribution in [0.25, 0.3) is 6.08 Å². The van der Waals surface area contributed by atoms with Gasteiger partial charge in [0.05, 0.1) is 11.1 Å². The number of esters is 1. The molecule has 4 rings (SSSR count). The van der Waals surface area contributed by atoms with Crippen molar-refractivity contribution in [3.8, 4) is 17.2 Å². The highest BCUT2D eigenvalue weighted by Gasteiger charge is 2.24. The van der Waals surface area contributed by atoms with Crippen molar-refractivity contribution in [2.45, 2.75) is 13.8 Å². The largest absolute Gasteiger partial charge is 0.490 e. The Morgan fingerprint density at radius 2 is 1.68 bits per heavy atom. The van der Waals surface area contributed by atoms with Gasteiger partial charge in [-0.05, 0) is 77.3 Å². The fourth-order valence-corrected chi connectivity index (χ4v) is 3.93. The third kappa shape index (κ3) is 5.66. The molecule has 0 saturated heterocycles. The van der Waals surface area contributed by atoms with E-state index in [1.165, 1.54) is 0 Å². The van der Waals surface area contributed by atoms with Crippen LogP contribution >= 0.6 is 15.9 Å². The summed E-state index contributed by atoms with van der Waals surface area (Å²) >= 11 is 3.56. The van der Waals surface area contributed by atoms with Gasteiger partial charge in [0.25, 0.3) is 0 Å². The molecule has 0 aromatic heterocycles. The van der Waals surface area contributed by atoms with Crippen molar-refractivity contribution in [3.63, 3.8) is 0 Å². The predicted molar refractivity (Wildman–Crippen MR) is 135 cm³/mol. The number of benzene rings is 3. The number of hydrogen-bond donors (Lipinski definition) is 0. The molecule has 0 atom stereocenters. The maximum atomic E-state index is 12.4. The van der Waals surface area contributed by atoms with Crippen molar-refractivity contribution in [2.24, 2.45) is 4.99 Å². The van der Waals surface area contributed by atoms with E-state index in [0.29, 0.717) is 35.8 Å². The number of para-hydroxylation sites is 1. The lowest BCUT2D eigenvalue weighted by Crippen LogP contribution is -2.11. The van der Waals surface area contributed by atoms with Gasteiger partial charge in [-0.15, -0.1) is 0 Å². The smallest absolute Gasteiger partial charge is 0.363 e. The van der Waals surface area contributed by atoms with Crippen LogP contribution in [0, 0.1) is 6.92 Å².